The molecule has 0 aliphatic heterocycles. The number of hydrogen-bond acceptors (Lipinski definition) is 3. The highest BCUT2D eigenvalue weighted by molar-refractivity contribution is 7.80. The maximum Gasteiger partial charge on any atom is 0.220 e. The van der Waals surface area contributed by atoms with Crippen molar-refractivity contribution in [3.63, 3.8) is 0 Å². The number of nitrogens with two attached hydrogens (primary N) is 1. The van der Waals surface area contributed by atoms with Gasteiger partial charge in [-0.2, -0.15) is 0 Å². The molecule has 0 saturated carbocycles. The van der Waals surface area contributed by atoms with E-state index in [1.54, 1.807) is 0 Å². The summed E-state index contributed by atoms with van der Waals surface area (Å²) in [6.45, 7) is 3.36. The van der Waals surface area contributed by atoms with Crippen LogP contribution in [0.15, 0.2) is 0 Å². The van der Waals surface area contributed by atoms with E-state index < -0.39 is 0 Å². The van der Waals surface area contributed by atoms with Crippen LogP contribution in [0, 0.1) is 5.92 Å². The van der Waals surface area contributed by atoms with Gasteiger partial charge >= 0.3 is 0 Å². The molecule has 3 N–H and O–H groups in total. The van der Waals surface area contributed by atoms with Crippen molar-refractivity contribution in [3.05, 3.63) is 0 Å². The zero-order valence-electron chi connectivity index (χ0n) is 9.04. The highest BCUT2D eigenvalue weighted by Gasteiger charge is 2.10. The molecule has 0 rings (SSSR count). The number of nitrogens with one attached hydrogen (secondary N) is 1. The second-order valence-electron chi connectivity index (χ2n) is 3.66. The van der Waals surface area contributed by atoms with Crippen LogP contribution < -0.4 is 11.1 Å². The number of carbonyl (C=O) groups is 1. The van der Waals surface area contributed by atoms with Crippen LogP contribution in [0.3, 0.4) is 0 Å². The number of likely N-dealkylation sites (N-methyl/N-ethyl adjacent to an activating group) is 1. The Morgan fingerprint density at radius 3 is 2.57 bits per heavy atom. The van der Waals surface area contributed by atoms with Gasteiger partial charge in [0.2, 0.25) is 5.91 Å². The standard InChI is InChI=1S/C9H19N3OS/c1-7(9(10)14)6-8(13)11-4-5-12(2)3/h7H,4-6H2,1-3H3,(H2,10,14)(H,11,13). The van der Waals surface area contributed by atoms with Crippen LogP contribution in [0.25, 0.3) is 0 Å². The van der Waals surface area contributed by atoms with Crippen molar-refractivity contribution in [2.45, 2.75) is 13.3 Å². The molecule has 0 radical (unpaired) electrons. The zero-order valence-corrected chi connectivity index (χ0v) is 9.86. The van der Waals surface area contributed by atoms with Gasteiger partial charge in [-0.1, -0.05) is 19.1 Å². The number of nitrogens with zero attached hydrogens (tertiary/aromatic N) is 1. The van der Waals surface area contributed by atoms with Crippen LogP contribution >= 0.6 is 12.2 Å². The fraction of sp³-hybridized carbons (Fsp3) is 0.778. The quantitative estimate of drug-likeness (QED) is 0.614. The molecule has 0 aliphatic carbocycles. The number of hydrogen-bond donors (Lipinski definition) is 2. The van der Waals surface area contributed by atoms with E-state index in [0.29, 0.717) is 18.0 Å². The minimum atomic E-state index is -0.0237. The number of thiocarbonyl (C=S) groups is 1. The molecule has 1 amide bonds. The van der Waals surface area contributed by atoms with E-state index in [9.17, 15) is 4.79 Å². The van der Waals surface area contributed by atoms with Crippen molar-refractivity contribution < 1.29 is 4.79 Å². The maximum atomic E-state index is 11.3. The number of rotatable bonds is 6. The summed E-state index contributed by atoms with van der Waals surface area (Å²) in [4.78, 5) is 13.7. The summed E-state index contributed by atoms with van der Waals surface area (Å²) in [6.07, 6.45) is 0.378. The molecule has 0 aromatic carbocycles. The molecule has 4 nitrogen and oxygen atoms in total. The first-order valence-corrected chi connectivity index (χ1v) is 5.05. The molecule has 82 valence electrons. The Kier molecular flexibility index (Phi) is 6.40. The van der Waals surface area contributed by atoms with Gasteiger partial charge in [0.25, 0.3) is 0 Å². The Morgan fingerprint density at radius 2 is 2.14 bits per heavy atom. The summed E-state index contributed by atoms with van der Waals surface area (Å²) in [5.74, 6) is -0.0171. The lowest BCUT2D eigenvalue weighted by Gasteiger charge is -2.12. The second-order valence-corrected chi connectivity index (χ2v) is 4.13. The fourth-order valence-electron chi connectivity index (χ4n) is 0.870. The van der Waals surface area contributed by atoms with Gasteiger partial charge in [-0.15, -0.1) is 0 Å². The molecule has 1 atom stereocenters. The summed E-state index contributed by atoms with van der Waals surface area (Å²) in [5, 5.41) is 2.80. The largest absolute Gasteiger partial charge is 0.393 e. The SMILES string of the molecule is CC(CC(=O)NCCN(C)C)C(N)=S. The van der Waals surface area contributed by atoms with Crippen LogP contribution in [-0.2, 0) is 4.79 Å². The lowest BCUT2D eigenvalue weighted by Crippen LogP contribution is -2.33. The van der Waals surface area contributed by atoms with Crippen LogP contribution in [-0.4, -0.2) is 43.0 Å². The van der Waals surface area contributed by atoms with Gasteiger partial charge in [-0.05, 0) is 14.1 Å². The van der Waals surface area contributed by atoms with Gasteiger partial charge in [0.05, 0.1) is 4.99 Å². The van der Waals surface area contributed by atoms with Crippen LogP contribution in [0.2, 0.25) is 0 Å². The van der Waals surface area contributed by atoms with Crippen molar-refractivity contribution in [1.82, 2.24) is 10.2 Å². The summed E-state index contributed by atoms with van der Waals surface area (Å²) in [6, 6.07) is 0. The van der Waals surface area contributed by atoms with E-state index in [4.69, 9.17) is 18.0 Å². The molecule has 5 heteroatoms. The molecule has 1 unspecified atom stereocenters. The average molecular weight is 217 g/mol. The van der Waals surface area contributed by atoms with Gasteiger partial charge in [-0.25, -0.2) is 0 Å². The first-order valence-electron chi connectivity index (χ1n) is 4.64. The third kappa shape index (κ3) is 6.80. The molecule has 0 fully saturated rings. The van der Waals surface area contributed by atoms with E-state index in [2.05, 4.69) is 5.32 Å². The first-order chi connectivity index (χ1) is 6.43. The van der Waals surface area contributed by atoms with E-state index in [1.165, 1.54) is 0 Å². The smallest absolute Gasteiger partial charge is 0.220 e. The minimum Gasteiger partial charge on any atom is -0.393 e. The van der Waals surface area contributed by atoms with Gasteiger partial charge in [-0.3, -0.25) is 4.79 Å². The Morgan fingerprint density at radius 1 is 1.57 bits per heavy atom. The Labute approximate surface area is 90.8 Å². The molecule has 0 aliphatic rings. The third-order valence-corrected chi connectivity index (χ3v) is 2.26. The van der Waals surface area contributed by atoms with E-state index in [0.717, 1.165) is 6.54 Å². The Balaban J connectivity index is 3.60. The van der Waals surface area contributed by atoms with Crippen molar-refractivity contribution >= 4 is 23.1 Å². The molecule has 0 spiro atoms. The Hall–Kier alpha value is -0.680. The molecule has 0 aromatic heterocycles. The molecular formula is C9H19N3OS. The molecule has 0 aromatic rings. The van der Waals surface area contributed by atoms with E-state index >= 15 is 0 Å². The maximum absolute atomic E-state index is 11.3. The topological polar surface area (TPSA) is 58.4 Å². The van der Waals surface area contributed by atoms with Crippen molar-refractivity contribution in [2.24, 2.45) is 11.7 Å². The van der Waals surface area contributed by atoms with Crippen LogP contribution in [0.4, 0.5) is 0 Å². The minimum absolute atomic E-state index is 0.00662. The predicted octanol–water partition coefficient (Wildman–Crippen LogP) is -0.0235. The van der Waals surface area contributed by atoms with Gasteiger partial charge in [0, 0.05) is 25.4 Å². The molecule has 0 bridgehead atoms. The highest BCUT2D eigenvalue weighted by Crippen LogP contribution is 2.00. The van der Waals surface area contributed by atoms with Gasteiger partial charge in [0.15, 0.2) is 0 Å². The lowest BCUT2D eigenvalue weighted by atomic mass is 10.1. The number of amides is 1. The molecule has 0 heterocycles. The lowest BCUT2D eigenvalue weighted by molar-refractivity contribution is -0.121. The predicted molar refractivity (Wildman–Crippen MR) is 62.1 cm³/mol. The second kappa shape index (κ2) is 6.73. The van der Waals surface area contributed by atoms with Crippen molar-refractivity contribution in [3.8, 4) is 0 Å². The Bertz CT molecular complexity index is 206. The normalized spacial score (nSPS) is 12.6. The fourth-order valence-corrected chi connectivity index (χ4v) is 0.953. The van der Waals surface area contributed by atoms with Crippen molar-refractivity contribution in [1.29, 1.82) is 0 Å². The number of carbonyl (C=O) groups excluding carboxylic acids is 1. The van der Waals surface area contributed by atoms with Gasteiger partial charge in [0.1, 0.15) is 0 Å². The average Bonchev–Trinajstić information content (AvgIpc) is 2.02. The highest BCUT2D eigenvalue weighted by atomic mass is 32.1. The molecule has 14 heavy (non-hydrogen) atoms. The van der Waals surface area contributed by atoms with E-state index in [1.807, 2.05) is 25.9 Å². The van der Waals surface area contributed by atoms with Crippen LogP contribution in [0.1, 0.15) is 13.3 Å². The van der Waals surface area contributed by atoms with E-state index in [-0.39, 0.29) is 11.8 Å². The summed E-state index contributed by atoms with van der Waals surface area (Å²) >= 11 is 4.78. The van der Waals surface area contributed by atoms with Gasteiger partial charge < -0.3 is 16.0 Å². The monoisotopic (exact) mass is 217 g/mol. The molecular weight excluding hydrogens is 198 g/mol. The first kappa shape index (κ1) is 13.3. The summed E-state index contributed by atoms with van der Waals surface area (Å²) < 4.78 is 0. The van der Waals surface area contributed by atoms with Crippen LogP contribution in [0.5, 0.6) is 0 Å². The molecule has 0 saturated heterocycles. The summed E-state index contributed by atoms with van der Waals surface area (Å²) in [7, 11) is 3.92. The zero-order chi connectivity index (χ0) is 11.1. The third-order valence-electron chi connectivity index (χ3n) is 1.86. The van der Waals surface area contributed by atoms with Crippen molar-refractivity contribution in [2.75, 3.05) is 27.2 Å². The summed E-state index contributed by atoms with van der Waals surface area (Å²) in [5.41, 5.74) is 5.40.